The molecule has 6 rings (SSSR count). The van der Waals surface area contributed by atoms with Crippen molar-refractivity contribution in [3.05, 3.63) is 72.0 Å². The second-order valence-electron chi connectivity index (χ2n) is 10.8. The van der Waals surface area contributed by atoms with Gasteiger partial charge in [0.2, 0.25) is 0 Å². The predicted molar refractivity (Wildman–Crippen MR) is 134 cm³/mol. The van der Waals surface area contributed by atoms with Crippen LogP contribution < -0.4 is 15.4 Å². The molecule has 0 aliphatic heterocycles. The van der Waals surface area contributed by atoms with Crippen molar-refractivity contribution in [2.45, 2.75) is 63.8 Å². The molecule has 2 aromatic rings. The van der Waals surface area contributed by atoms with Gasteiger partial charge in [-0.1, -0.05) is 18.2 Å². The lowest BCUT2D eigenvalue weighted by Crippen LogP contribution is -2.48. The van der Waals surface area contributed by atoms with Gasteiger partial charge in [0.25, 0.3) is 11.8 Å². The molecule has 4 saturated carbocycles. The Bertz CT molecular complexity index is 1050. The molecule has 2 aromatic carbocycles. The summed E-state index contributed by atoms with van der Waals surface area (Å²) in [7, 11) is 0. The van der Waals surface area contributed by atoms with Gasteiger partial charge in [0.1, 0.15) is 5.75 Å². The summed E-state index contributed by atoms with van der Waals surface area (Å²) in [6.45, 7) is 3.82. The molecule has 0 heterocycles. The molecular weight excluding hydrogens is 424 g/mol. The number of carbonyl (C=O) groups is 2. The first-order valence-corrected chi connectivity index (χ1v) is 12.5. The maximum Gasteiger partial charge on any atom is 0.251 e. The summed E-state index contributed by atoms with van der Waals surface area (Å²) in [4.78, 5) is 24.5. The van der Waals surface area contributed by atoms with Crippen LogP contribution in [0.1, 0.15) is 68.3 Å². The van der Waals surface area contributed by atoms with Gasteiger partial charge in [-0.3, -0.25) is 9.59 Å². The van der Waals surface area contributed by atoms with Gasteiger partial charge in [-0.15, -0.1) is 0 Å². The van der Waals surface area contributed by atoms with E-state index in [4.69, 9.17) is 4.74 Å². The van der Waals surface area contributed by atoms with Crippen molar-refractivity contribution < 1.29 is 14.3 Å². The Morgan fingerprint density at radius 2 is 1.62 bits per heavy atom. The average Bonchev–Trinajstić information content (AvgIpc) is 2.78. The van der Waals surface area contributed by atoms with Crippen LogP contribution in [0.15, 0.2) is 60.9 Å². The van der Waals surface area contributed by atoms with Gasteiger partial charge >= 0.3 is 0 Å². The van der Waals surface area contributed by atoms with Crippen molar-refractivity contribution >= 4 is 17.5 Å². The minimum Gasteiger partial charge on any atom is -0.465 e. The van der Waals surface area contributed by atoms with Crippen molar-refractivity contribution in [1.82, 2.24) is 5.32 Å². The van der Waals surface area contributed by atoms with E-state index in [2.05, 4.69) is 22.8 Å². The van der Waals surface area contributed by atoms with Crippen LogP contribution in [0, 0.1) is 17.8 Å². The Balaban J connectivity index is 1.16. The Kier molecular flexibility index (Phi) is 6.20. The molecular formula is C29H34N2O3. The topological polar surface area (TPSA) is 67.4 Å². The summed E-state index contributed by atoms with van der Waals surface area (Å²) in [5.41, 5.74) is 2.91. The zero-order valence-electron chi connectivity index (χ0n) is 20.1. The highest BCUT2D eigenvalue weighted by molar-refractivity contribution is 6.01. The standard InChI is InChI=1S/C29H34N2O3/c1-19(2)30-28(33)23-4-3-5-25(15-23)31-27(32)10-11-34-26-8-6-24(7-9-26)29-16-20-12-21(17-29)14-22(13-20)18-29/h3-11,15,19-22H,12-14,16-18H2,1-2H3,(H,30,33)(H,31,32)/b11-10+. The SMILES string of the molecule is CC(C)NC(=O)c1cccc(NC(=O)/C=C/Oc2ccc(C34CC5CC(CC(C5)C3)C4)cc2)c1. The molecule has 0 spiro atoms. The molecule has 0 unspecified atom stereocenters. The van der Waals surface area contributed by atoms with Gasteiger partial charge in [0.05, 0.1) is 6.26 Å². The largest absolute Gasteiger partial charge is 0.465 e. The van der Waals surface area contributed by atoms with Gasteiger partial charge in [-0.25, -0.2) is 0 Å². The van der Waals surface area contributed by atoms with E-state index in [1.165, 1.54) is 56.4 Å². The van der Waals surface area contributed by atoms with Crippen LogP contribution in [0.4, 0.5) is 5.69 Å². The normalized spacial score (nSPS) is 27.2. The maximum atomic E-state index is 12.3. The molecule has 0 saturated heterocycles. The highest BCUT2D eigenvalue weighted by Gasteiger charge is 2.51. The Hall–Kier alpha value is -3.08. The zero-order chi connectivity index (χ0) is 23.7. The van der Waals surface area contributed by atoms with Gasteiger partial charge in [0.15, 0.2) is 0 Å². The van der Waals surface area contributed by atoms with Crippen LogP contribution in [-0.2, 0) is 10.2 Å². The number of benzene rings is 2. The van der Waals surface area contributed by atoms with Crippen LogP contribution >= 0.6 is 0 Å². The fourth-order valence-corrected chi connectivity index (χ4v) is 6.79. The molecule has 0 atom stereocenters. The minimum absolute atomic E-state index is 0.0485. The molecule has 4 fully saturated rings. The molecule has 5 heteroatoms. The first-order valence-electron chi connectivity index (χ1n) is 12.5. The van der Waals surface area contributed by atoms with E-state index < -0.39 is 0 Å². The Labute approximate surface area is 202 Å². The minimum atomic E-state index is -0.313. The third-order valence-electron chi connectivity index (χ3n) is 7.74. The van der Waals surface area contributed by atoms with E-state index in [0.29, 0.717) is 16.7 Å². The van der Waals surface area contributed by atoms with Crippen molar-refractivity contribution in [3.8, 4) is 5.75 Å². The fraction of sp³-hybridized carbons (Fsp3) is 0.448. The second-order valence-corrected chi connectivity index (χ2v) is 10.8. The monoisotopic (exact) mass is 458 g/mol. The Morgan fingerprint density at radius 3 is 2.24 bits per heavy atom. The number of hydrogen-bond acceptors (Lipinski definition) is 3. The van der Waals surface area contributed by atoms with Crippen LogP contribution in [0.3, 0.4) is 0 Å². The molecule has 178 valence electrons. The molecule has 2 N–H and O–H groups in total. The van der Waals surface area contributed by atoms with Crippen molar-refractivity contribution in [3.63, 3.8) is 0 Å². The quantitative estimate of drug-likeness (QED) is 0.406. The first kappa shape index (κ1) is 22.7. The lowest BCUT2D eigenvalue weighted by Gasteiger charge is -2.57. The van der Waals surface area contributed by atoms with E-state index in [-0.39, 0.29) is 17.9 Å². The van der Waals surface area contributed by atoms with E-state index >= 15 is 0 Å². The summed E-state index contributed by atoms with van der Waals surface area (Å²) in [6, 6.07) is 15.4. The average molecular weight is 459 g/mol. The van der Waals surface area contributed by atoms with Crippen LogP contribution in [0.2, 0.25) is 0 Å². The van der Waals surface area contributed by atoms with E-state index in [1.54, 1.807) is 24.3 Å². The highest BCUT2D eigenvalue weighted by atomic mass is 16.5. The second kappa shape index (κ2) is 9.28. The molecule has 4 aliphatic carbocycles. The smallest absolute Gasteiger partial charge is 0.251 e. The molecule has 5 nitrogen and oxygen atoms in total. The number of hydrogen-bond donors (Lipinski definition) is 2. The number of anilines is 1. The van der Waals surface area contributed by atoms with Crippen molar-refractivity contribution in [2.75, 3.05) is 5.32 Å². The Morgan fingerprint density at radius 1 is 0.971 bits per heavy atom. The number of ether oxygens (including phenoxy) is 1. The number of amides is 2. The number of nitrogens with one attached hydrogen (secondary N) is 2. The van der Waals surface area contributed by atoms with Crippen LogP contribution in [0.25, 0.3) is 0 Å². The van der Waals surface area contributed by atoms with E-state index in [0.717, 1.165) is 23.5 Å². The summed E-state index contributed by atoms with van der Waals surface area (Å²) in [6.07, 6.45) is 11.1. The van der Waals surface area contributed by atoms with Gasteiger partial charge < -0.3 is 15.4 Å². The zero-order valence-corrected chi connectivity index (χ0v) is 20.1. The first-order chi connectivity index (χ1) is 16.4. The molecule has 2 amide bonds. The molecule has 4 aliphatic rings. The maximum absolute atomic E-state index is 12.3. The fourth-order valence-electron chi connectivity index (χ4n) is 6.79. The third kappa shape index (κ3) is 4.89. The van der Waals surface area contributed by atoms with Crippen molar-refractivity contribution in [1.29, 1.82) is 0 Å². The number of rotatable bonds is 7. The summed E-state index contributed by atoms with van der Waals surface area (Å²) >= 11 is 0. The molecule has 34 heavy (non-hydrogen) atoms. The predicted octanol–water partition coefficient (Wildman–Crippen LogP) is 5.82. The van der Waals surface area contributed by atoms with Gasteiger partial charge in [-0.2, -0.15) is 0 Å². The van der Waals surface area contributed by atoms with Crippen LogP contribution in [-0.4, -0.2) is 17.9 Å². The van der Waals surface area contributed by atoms with Gasteiger partial charge in [0, 0.05) is 23.4 Å². The lowest BCUT2D eigenvalue weighted by atomic mass is 9.48. The molecule has 4 bridgehead atoms. The highest BCUT2D eigenvalue weighted by Crippen LogP contribution is 2.60. The molecule has 0 radical (unpaired) electrons. The summed E-state index contributed by atoms with van der Waals surface area (Å²) < 4.78 is 5.69. The van der Waals surface area contributed by atoms with Crippen molar-refractivity contribution in [2.24, 2.45) is 17.8 Å². The summed E-state index contributed by atoms with van der Waals surface area (Å²) in [5, 5.41) is 5.62. The van der Waals surface area contributed by atoms with E-state index in [1.807, 2.05) is 26.0 Å². The van der Waals surface area contributed by atoms with Gasteiger partial charge in [-0.05, 0) is 111 Å². The lowest BCUT2D eigenvalue weighted by molar-refractivity contribution is -0.112. The molecule has 0 aromatic heterocycles. The summed E-state index contributed by atoms with van der Waals surface area (Å²) in [5.74, 6) is 3.02. The van der Waals surface area contributed by atoms with Crippen LogP contribution in [0.5, 0.6) is 5.75 Å². The van der Waals surface area contributed by atoms with E-state index in [9.17, 15) is 9.59 Å². The third-order valence-corrected chi connectivity index (χ3v) is 7.74. The number of carbonyl (C=O) groups excluding carboxylic acids is 2.